The van der Waals surface area contributed by atoms with Gasteiger partial charge in [-0.15, -0.1) is 0 Å². The molecular formula is C16H17BrN2O2. The summed E-state index contributed by atoms with van der Waals surface area (Å²) in [5.41, 5.74) is 8.03. The lowest BCUT2D eigenvalue weighted by molar-refractivity contribution is 0.0946. The van der Waals surface area contributed by atoms with Gasteiger partial charge in [-0.2, -0.15) is 0 Å². The lowest BCUT2D eigenvalue weighted by Crippen LogP contribution is -2.28. The third-order valence-electron chi connectivity index (χ3n) is 2.88. The fourth-order valence-electron chi connectivity index (χ4n) is 1.84. The molecule has 0 saturated heterocycles. The molecule has 2 aromatic carbocycles. The van der Waals surface area contributed by atoms with Crippen molar-refractivity contribution >= 4 is 27.5 Å². The zero-order chi connectivity index (χ0) is 15.2. The highest BCUT2D eigenvalue weighted by atomic mass is 79.9. The number of hydrogen-bond acceptors (Lipinski definition) is 3. The Morgan fingerprint density at radius 1 is 1.29 bits per heavy atom. The van der Waals surface area contributed by atoms with Crippen LogP contribution in [0, 0.1) is 6.92 Å². The maximum Gasteiger partial charge on any atom is 0.252 e. The Kier molecular flexibility index (Phi) is 5.22. The van der Waals surface area contributed by atoms with Crippen LogP contribution >= 0.6 is 15.9 Å². The number of nitrogens with one attached hydrogen (secondary N) is 1. The monoisotopic (exact) mass is 348 g/mol. The fourth-order valence-corrected chi connectivity index (χ4v) is 2.51. The predicted molar refractivity (Wildman–Crippen MR) is 87.6 cm³/mol. The van der Waals surface area contributed by atoms with E-state index in [9.17, 15) is 4.79 Å². The predicted octanol–water partition coefficient (Wildman–Crippen LogP) is 3.15. The van der Waals surface area contributed by atoms with Crippen LogP contribution in [0.1, 0.15) is 15.9 Å². The zero-order valence-electron chi connectivity index (χ0n) is 11.7. The minimum Gasteiger partial charge on any atom is -0.492 e. The van der Waals surface area contributed by atoms with E-state index < -0.39 is 0 Å². The molecule has 2 rings (SSSR count). The van der Waals surface area contributed by atoms with Crippen LogP contribution in [-0.2, 0) is 0 Å². The first-order valence-corrected chi connectivity index (χ1v) is 7.38. The van der Waals surface area contributed by atoms with Gasteiger partial charge in [0.2, 0.25) is 0 Å². The van der Waals surface area contributed by atoms with Crippen molar-refractivity contribution in [2.75, 3.05) is 18.9 Å². The van der Waals surface area contributed by atoms with Gasteiger partial charge in [0.1, 0.15) is 12.4 Å². The molecule has 4 nitrogen and oxygen atoms in total. The number of hydrogen-bond donors (Lipinski definition) is 2. The Bertz CT molecular complexity index is 644. The number of nitrogens with two attached hydrogens (primary N) is 1. The second kappa shape index (κ2) is 7.13. The lowest BCUT2D eigenvalue weighted by atomic mass is 10.1. The maximum atomic E-state index is 12.0. The number of rotatable bonds is 5. The minimum absolute atomic E-state index is 0.127. The van der Waals surface area contributed by atoms with Gasteiger partial charge in [0.15, 0.2) is 0 Å². The van der Waals surface area contributed by atoms with E-state index in [0.29, 0.717) is 30.2 Å². The number of anilines is 1. The first-order chi connectivity index (χ1) is 10.1. The van der Waals surface area contributed by atoms with Crippen LogP contribution in [0.3, 0.4) is 0 Å². The van der Waals surface area contributed by atoms with Crippen molar-refractivity contribution in [3.05, 3.63) is 58.1 Å². The van der Waals surface area contributed by atoms with Gasteiger partial charge in [0.05, 0.1) is 12.1 Å². The van der Waals surface area contributed by atoms with Crippen molar-refractivity contribution < 1.29 is 9.53 Å². The largest absolute Gasteiger partial charge is 0.492 e. The summed E-state index contributed by atoms with van der Waals surface area (Å²) in [7, 11) is 0. The average Bonchev–Trinajstić information content (AvgIpc) is 2.43. The van der Waals surface area contributed by atoms with E-state index in [-0.39, 0.29) is 5.91 Å². The van der Waals surface area contributed by atoms with Crippen LogP contribution in [0.15, 0.2) is 46.9 Å². The normalized spacial score (nSPS) is 10.2. The van der Waals surface area contributed by atoms with Crippen LogP contribution in [0.5, 0.6) is 5.75 Å². The third kappa shape index (κ3) is 4.49. The molecule has 0 heterocycles. The number of benzene rings is 2. The van der Waals surface area contributed by atoms with Crippen LogP contribution < -0.4 is 15.8 Å². The second-order valence-electron chi connectivity index (χ2n) is 4.66. The van der Waals surface area contributed by atoms with E-state index in [4.69, 9.17) is 10.5 Å². The molecule has 0 aromatic heterocycles. The summed E-state index contributed by atoms with van der Waals surface area (Å²) in [6, 6.07) is 12.8. The number of ether oxygens (including phenoxy) is 1. The van der Waals surface area contributed by atoms with E-state index in [1.54, 1.807) is 18.2 Å². The molecule has 2 aromatic rings. The summed E-state index contributed by atoms with van der Waals surface area (Å²) in [6.07, 6.45) is 0. The van der Waals surface area contributed by atoms with Crippen molar-refractivity contribution in [3.8, 4) is 5.75 Å². The van der Waals surface area contributed by atoms with E-state index in [0.717, 1.165) is 10.0 Å². The van der Waals surface area contributed by atoms with Crippen LogP contribution in [0.25, 0.3) is 0 Å². The Balaban J connectivity index is 1.82. The van der Waals surface area contributed by atoms with Gasteiger partial charge in [0.25, 0.3) is 5.91 Å². The molecule has 0 unspecified atom stereocenters. The standard InChI is InChI=1S/C16H17BrN2O2/c1-11-5-6-14(15(17)9-11)16(20)19-7-8-21-13-4-2-3-12(18)10-13/h2-6,9-10H,7-8,18H2,1H3,(H,19,20). The summed E-state index contributed by atoms with van der Waals surface area (Å²) in [4.78, 5) is 12.0. The topological polar surface area (TPSA) is 64.3 Å². The molecule has 0 aliphatic heterocycles. The van der Waals surface area contributed by atoms with Crippen LogP contribution in [0.4, 0.5) is 5.69 Å². The summed E-state index contributed by atoms with van der Waals surface area (Å²) in [5, 5.41) is 2.82. The summed E-state index contributed by atoms with van der Waals surface area (Å²) in [5.74, 6) is 0.568. The number of carbonyl (C=O) groups excluding carboxylic acids is 1. The lowest BCUT2D eigenvalue weighted by Gasteiger charge is -2.09. The smallest absolute Gasteiger partial charge is 0.252 e. The highest BCUT2D eigenvalue weighted by Crippen LogP contribution is 2.18. The third-order valence-corrected chi connectivity index (χ3v) is 3.54. The zero-order valence-corrected chi connectivity index (χ0v) is 13.3. The Labute approximate surface area is 132 Å². The summed E-state index contributed by atoms with van der Waals surface area (Å²) < 4.78 is 6.30. The van der Waals surface area contributed by atoms with Crippen LogP contribution in [-0.4, -0.2) is 19.1 Å². The Hall–Kier alpha value is -2.01. The molecule has 0 radical (unpaired) electrons. The fraction of sp³-hybridized carbons (Fsp3) is 0.188. The van der Waals surface area contributed by atoms with E-state index in [1.807, 2.05) is 31.2 Å². The Morgan fingerprint density at radius 2 is 2.10 bits per heavy atom. The molecule has 0 bridgehead atoms. The van der Waals surface area contributed by atoms with Crippen molar-refractivity contribution in [2.24, 2.45) is 0 Å². The van der Waals surface area contributed by atoms with Gasteiger partial charge < -0.3 is 15.8 Å². The SMILES string of the molecule is Cc1ccc(C(=O)NCCOc2cccc(N)c2)c(Br)c1. The summed E-state index contributed by atoms with van der Waals surface area (Å²) in [6.45, 7) is 2.79. The maximum absolute atomic E-state index is 12.0. The van der Waals surface area contributed by atoms with Gasteiger partial charge in [0, 0.05) is 16.2 Å². The van der Waals surface area contributed by atoms with Gasteiger partial charge in [-0.3, -0.25) is 4.79 Å². The first-order valence-electron chi connectivity index (χ1n) is 6.59. The van der Waals surface area contributed by atoms with Crippen LogP contribution in [0.2, 0.25) is 0 Å². The molecule has 0 spiro atoms. The second-order valence-corrected chi connectivity index (χ2v) is 5.51. The number of carbonyl (C=O) groups is 1. The molecule has 110 valence electrons. The first kappa shape index (κ1) is 15.4. The van der Waals surface area contributed by atoms with Gasteiger partial charge in [-0.05, 0) is 52.7 Å². The van der Waals surface area contributed by atoms with Gasteiger partial charge in [-0.1, -0.05) is 12.1 Å². The van der Waals surface area contributed by atoms with Gasteiger partial charge >= 0.3 is 0 Å². The molecule has 1 amide bonds. The molecule has 0 fully saturated rings. The summed E-state index contributed by atoms with van der Waals surface area (Å²) >= 11 is 3.40. The highest BCUT2D eigenvalue weighted by Gasteiger charge is 2.09. The molecule has 0 aliphatic carbocycles. The number of amides is 1. The van der Waals surface area contributed by atoms with E-state index in [2.05, 4.69) is 21.2 Å². The highest BCUT2D eigenvalue weighted by molar-refractivity contribution is 9.10. The van der Waals surface area contributed by atoms with Crippen molar-refractivity contribution in [2.45, 2.75) is 6.92 Å². The van der Waals surface area contributed by atoms with Crippen molar-refractivity contribution in [1.29, 1.82) is 0 Å². The molecule has 21 heavy (non-hydrogen) atoms. The Morgan fingerprint density at radius 3 is 2.81 bits per heavy atom. The van der Waals surface area contributed by atoms with E-state index >= 15 is 0 Å². The molecule has 0 atom stereocenters. The number of nitrogen functional groups attached to an aromatic ring is 1. The number of aryl methyl sites for hydroxylation is 1. The quantitative estimate of drug-likeness (QED) is 0.644. The molecule has 0 saturated carbocycles. The molecule has 3 N–H and O–H groups in total. The average molecular weight is 349 g/mol. The van der Waals surface area contributed by atoms with Gasteiger partial charge in [-0.25, -0.2) is 0 Å². The van der Waals surface area contributed by atoms with E-state index in [1.165, 1.54) is 0 Å². The van der Waals surface area contributed by atoms with Crippen molar-refractivity contribution in [1.82, 2.24) is 5.32 Å². The van der Waals surface area contributed by atoms with Crippen molar-refractivity contribution in [3.63, 3.8) is 0 Å². The molecular weight excluding hydrogens is 332 g/mol. The minimum atomic E-state index is -0.127. The molecule has 5 heteroatoms. The molecule has 0 aliphatic rings. The number of halogens is 1.